The monoisotopic (exact) mass is 238 g/mol. The first kappa shape index (κ1) is 12.0. The van der Waals surface area contributed by atoms with Gasteiger partial charge in [-0.3, -0.25) is 9.69 Å². The summed E-state index contributed by atoms with van der Waals surface area (Å²) in [7, 11) is 1.32. The molecule has 1 N–H and O–H groups in total. The largest absolute Gasteiger partial charge is 0.453 e. The molecule has 5 heteroatoms. The fourth-order valence-corrected chi connectivity index (χ4v) is 1.98. The molecule has 0 radical (unpaired) electrons. The van der Waals surface area contributed by atoms with Crippen LogP contribution in [0, 0.1) is 5.92 Å². The van der Waals surface area contributed by atoms with Gasteiger partial charge in [0.25, 0.3) is 0 Å². The van der Waals surface area contributed by atoms with Crippen molar-refractivity contribution in [1.29, 1.82) is 0 Å². The van der Waals surface area contributed by atoms with E-state index in [4.69, 9.17) is 0 Å². The lowest BCUT2D eigenvalue weighted by Crippen LogP contribution is -2.55. The van der Waals surface area contributed by atoms with E-state index in [9.17, 15) is 9.59 Å². The Morgan fingerprint density at radius 1 is 1.53 bits per heavy atom. The maximum absolute atomic E-state index is 12.1. The van der Waals surface area contributed by atoms with E-state index in [-0.39, 0.29) is 5.91 Å². The zero-order chi connectivity index (χ0) is 12.5. The van der Waals surface area contributed by atoms with E-state index in [1.807, 2.05) is 6.08 Å². The summed E-state index contributed by atoms with van der Waals surface area (Å²) in [6, 6.07) is 0. The minimum absolute atomic E-state index is 0.136. The van der Waals surface area contributed by atoms with Crippen LogP contribution >= 0.6 is 0 Å². The van der Waals surface area contributed by atoms with Crippen molar-refractivity contribution in [3.63, 3.8) is 0 Å². The Bertz CT molecular complexity index is 363. The maximum atomic E-state index is 12.1. The third-order valence-electron chi connectivity index (χ3n) is 3.39. The predicted molar refractivity (Wildman–Crippen MR) is 62.4 cm³/mol. The Morgan fingerprint density at radius 3 is 2.82 bits per heavy atom. The SMILES string of the molecule is COC(=O)N1CC=CC1(C)C(=O)NCC1CC1. The molecule has 0 aromatic heterocycles. The number of amides is 2. The molecule has 1 unspecified atom stereocenters. The number of hydrogen-bond donors (Lipinski definition) is 1. The Kier molecular flexibility index (Phi) is 3.09. The lowest BCUT2D eigenvalue weighted by molar-refractivity contribution is -0.128. The van der Waals surface area contributed by atoms with Crippen LogP contribution in [0.15, 0.2) is 12.2 Å². The molecule has 0 spiro atoms. The molecule has 0 saturated heterocycles. The predicted octanol–water partition coefficient (Wildman–Crippen LogP) is 0.909. The first-order valence-corrected chi connectivity index (χ1v) is 5.89. The Morgan fingerprint density at radius 2 is 2.24 bits per heavy atom. The van der Waals surface area contributed by atoms with Gasteiger partial charge in [-0.05, 0) is 25.7 Å². The molecule has 0 aromatic rings. The highest BCUT2D eigenvalue weighted by molar-refractivity contribution is 5.92. The van der Waals surface area contributed by atoms with Gasteiger partial charge in [0.1, 0.15) is 5.54 Å². The van der Waals surface area contributed by atoms with Crippen LogP contribution in [0.25, 0.3) is 0 Å². The van der Waals surface area contributed by atoms with Gasteiger partial charge in [0.15, 0.2) is 0 Å². The summed E-state index contributed by atoms with van der Waals surface area (Å²) < 4.78 is 4.68. The van der Waals surface area contributed by atoms with Crippen LogP contribution in [-0.2, 0) is 9.53 Å². The smallest absolute Gasteiger partial charge is 0.410 e. The first-order valence-electron chi connectivity index (χ1n) is 5.89. The van der Waals surface area contributed by atoms with Crippen molar-refractivity contribution in [1.82, 2.24) is 10.2 Å². The molecule has 1 aliphatic carbocycles. The Labute approximate surface area is 101 Å². The summed E-state index contributed by atoms with van der Waals surface area (Å²) in [5.41, 5.74) is -0.915. The molecule has 0 bridgehead atoms. The van der Waals surface area contributed by atoms with Crippen molar-refractivity contribution >= 4 is 12.0 Å². The van der Waals surface area contributed by atoms with Crippen molar-refractivity contribution in [3.05, 3.63) is 12.2 Å². The van der Waals surface area contributed by atoms with Gasteiger partial charge in [-0.15, -0.1) is 0 Å². The second-order valence-electron chi connectivity index (χ2n) is 4.78. The van der Waals surface area contributed by atoms with E-state index in [0.717, 1.165) is 0 Å². The van der Waals surface area contributed by atoms with Gasteiger partial charge in [-0.2, -0.15) is 0 Å². The third-order valence-corrected chi connectivity index (χ3v) is 3.39. The van der Waals surface area contributed by atoms with Crippen LogP contribution in [0.5, 0.6) is 0 Å². The zero-order valence-corrected chi connectivity index (χ0v) is 10.2. The molecular weight excluding hydrogens is 220 g/mol. The second kappa shape index (κ2) is 4.39. The normalized spacial score (nSPS) is 27.1. The Hall–Kier alpha value is -1.52. The second-order valence-corrected chi connectivity index (χ2v) is 4.78. The van der Waals surface area contributed by atoms with Crippen LogP contribution in [0.4, 0.5) is 4.79 Å². The van der Waals surface area contributed by atoms with Gasteiger partial charge in [0.2, 0.25) is 5.91 Å². The maximum Gasteiger partial charge on any atom is 0.410 e. The van der Waals surface area contributed by atoms with Gasteiger partial charge in [-0.1, -0.05) is 12.2 Å². The molecule has 2 amide bonds. The van der Waals surface area contributed by atoms with Crippen molar-refractivity contribution in [2.24, 2.45) is 5.92 Å². The number of ether oxygens (including phenoxy) is 1. The van der Waals surface area contributed by atoms with E-state index in [0.29, 0.717) is 19.0 Å². The average molecular weight is 238 g/mol. The lowest BCUT2D eigenvalue weighted by atomic mass is 10.0. The third kappa shape index (κ3) is 2.28. The van der Waals surface area contributed by atoms with Crippen LogP contribution < -0.4 is 5.32 Å². The standard InChI is InChI=1S/C12H18N2O3/c1-12(10(15)13-8-9-4-5-9)6-3-7-14(12)11(16)17-2/h3,6,9H,4-5,7-8H2,1-2H3,(H,13,15). The van der Waals surface area contributed by atoms with Crippen LogP contribution in [-0.4, -0.2) is 42.6 Å². The van der Waals surface area contributed by atoms with E-state index in [2.05, 4.69) is 10.1 Å². The van der Waals surface area contributed by atoms with E-state index >= 15 is 0 Å². The summed E-state index contributed by atoms with van der Waals surface area (Å²) in [6.07, 6.45) is 5.47. The molecule has 0 aromatic carbocycles. The number of carbonyl (C=O) groups excluding carboxylic acids is 2. The Balaban J connectivity index is 2.01. The van der Waals surface area contributed by atoms with Gasteiger partial charge in [0, 0.05) is 13.1 Å². The van der Waals surface area contributed by atoms with Gasteiger partial charge < -0.3 is 10.1 Å². The number of nitrogens with zero attached hydrogens (tertiary/aromatic N) is 1. The van der Waals surface area contributed by atoms with Gasteiger partial charge in [-0.25, -0.2) is 4.79 Å². The summed E-state index contributed by atoms with van der Waals surface area (Å²) in [4.78, 5) is 25.1. The van der Waals surface area contributed by atoms with E-state index in [1.165, 1.54) is 24.9 Å². The zero-order valence-electron chi connectivity index (χ0n) is 10.2. The number of hydrogen-bond acceptors (Lipinski definition) is 3. The van der Waals surface area contributed by atoms with Crippen molar-refractivity contribution in [2.45, 2.75) is 25.3 Å². The quantitative estimate of drug-likeness (QED) is 0.743. The molecule has 17 heavy (non-hydrogen) atoms. The van der Waals surface area contributed by atoms with Gasteiger partial charge >= 0.3 is 6.09 Å². The fourth-order valence-electron chi connectivity index (χ4n) is 1.98. The number of nitrogens with one attached hydrogen (secondary N) is 1. The van der Waals surface area contributed by atoms with Crippen LogP contribution in [0.1, 0.15) is 19.8 Å². The molecule has 94 valence electrons. The highest BCUT2D eigenvalue weighted by Crippen LogP contribution is 2.29. The minimum Gasteiger partial charge on any atom is -0.453 e. The topological polar surface area (TPSA) is 58.6 Å². The number of rotatable bonds is 3. The number of carbonyl (C=O) groups is 2. The summed E-state index contributed by atoms with van der Waals surface area (Å²) >= 11 is 0. The van der Waals surface area contributed by atoms with Gasteiger partial charge in [0.05, 0.1) is 7.11 Å². The molecule has 1 aliphatic heterocycles. The number of methoxy groups -OCH3 is 1. The van der Waals surface area contributed by atoms with E-state index in [1.54, 1.807) is 13.0 Å². The van der Waals surface area contributed by atoms with Crippen molar-refractivity contribution < 1.29 is 14.3 Å². The minimum atomic E-state index is -0.915. The highest BCUT2D eigenvalue weighted by atomic mass is 16.5. The average Bonchev–Trinajstić information content (AvgIpc) is 3.07. The summed E-state index contributed by atoms with van der Waals surface area (Å²) in [6.45, 7) is 2.85. The summed E-state index contributed by atoms with van der Waals surface area (Å²) in [5.74, 6) is 0.489. The first-order chi connectivity index (χ1) is 8.08. The molecule has 1 heterocycles. The molecule has 1 saturated carbocycles. The lowest BCUT2D eigenvalue weighted by Gasteiger charge is -2.32. The van der Waals surface area contributed by atoms with Crippen molar-refractivity contribution in [3.8, 4) is 0 Å². The molecule has 2 rings (SSSR count). The fraction of sp³-hybridized carbons (Fsp3) is 0.667. The van der Waals surface area contributed by atoms with Crippen LogP contribution in [0.2, 0.25) is 0 Å². The van der Waals surface area contributed by atoms with E-state index < -0.39 is 11.6 Å². The highest BCUT2D eigenvalue weighted by Gasteiger charge is 2.43. The molecular formula is C12H18N2O3. The van der Waals surface area contributed by atoms with Crippen molar-refractivity contribution in [2.75, 3.05) is 20.2 Å². The molecule has 5 nitrogen and oxygen atoms in total. The molecule has 2 aliphatic rings. The molecule has 1 atom stereocenters. The summed E-state index contributed by atoms with van der Waals surface area (Å²) in [5, 5.41) is 2.90. The molecule has 1 fully saturated rings. The van der Waals surface area contributed by atoms with Crippen LogP contribution in [0.3, 0.4) is 0 Å².